The molecule has 3 aliphatic rings. The van der Waals surface area contributed by atoms with Crippen LogP contribution in [-0.2, 0) is 10.8 Å². The molecule has 260 valence electrons. The van der Waals surface area contributed by atoms with Gasteiger partial charge in [-0.15, -0.1) is 11.3 Å². The number of para-hydroxylation sites is 1. The van der Waals surface area contributed by atoms with Crippen molar-refractivity contribution in [3.05, 3.63) is 186 Å². The Morgan fingerprint density at radius 2 is 1.30 bits per heavy atom. The molecule has 0 saturated carbocycles. The molecule has 2 aliphatic carbocycles. The summed E-state index contributed by atoms with van der Waals surface area (Å²) >= 11 is 1.82. The Bertz CT molecular complexity index is 2960. The second kappa shape index (κ2) is 11.1. The van der Waals surface area contributed by atoms with Crippen LogP contribution in [0.15, 0.2) is 175 Å². The number of aromatic nitrogens is 1. The van der Waals surface area contributed by atoms with Crippen molar-refractivity contribution in [2.45, 2.75) is 44.1 Å². The Labute approximate surface area is 320 Å². The van der Waals surface area contributed by atoms with Crippen LogP contribution in [0.25, 0.3) is 53.0 Å². The van der Waals surface area contributed by atoms with Crippen molar-refractivity contribution < 1.29 is 0 Å². The molecule has 2 nitrogen and oxygen atoms in total. The van der Waals surface area contributed by atoms with Crippen LogP contribution in [0, 0.1) is 5.92 Å². The van der Waals surface area contributed by atoms with Gasteiger partial charge >= 0.3 is 0 Å². The Morgan fingerprint density at radius 1 is 0.593 bits per heavy atom. The third-order valence-electron chi connectivity index (χ3n) is 12.9. The molecule has 0 radical (unpaired) electrons. The second-order valence-electron chi connectivity index (χ2n) is 16.1. The third-order valence-corrected chi connectivity index (χ3v) is 14.0. The molecular weight excluding hydrogens is 673 g/mol. The van der Waals surface area contributed by atoms with Crippen LogP contribution in [0.2, 0.25) is 0 Å². The SMILES string of the molecule is CC1C=CC2(C)C3=C1C(C)(c1cc4ccccc4c4ccccc14)C=CC3(C)N(c1ccc(-c3cnc4c(c3)sc3ccccc34)cc1)c1ccccc12. The van der Waals surface area contributed by atoms with Crippen LogP contribution in [0.4, 0.5) is 11.4 Å². The summed E-state index contributed by atoms with van der Waals surface area (Å²) in [5.74, 6) is 0.262. The molecule has 0 bridgehead atoms. The molecule has 0 spiro atoms. The van der Waals surface area contributed by atoms with Crippen LogP contribution in [-0.4, -0.2) is 10.5 Å². The second-order valence-corrected chi connectivity index (χ2v) is 17.2. The predicted octanol–water partition coefficient (Wildman–Crippen LogP) is 13.6. The first kappa shape index (κ1) is 31.7. The summed E-state index contributed by atoms with van der Waals surface area (Å²) in [6, 6.07) is 49.5. The number of hydrogen-bond donors (Lipinski definition) is 0. The first-order valence-corrected chi connectivity index (χ1v) is 19.9. The van der Waals surface area contributed by atoms with Gasteiger partial charge in [-0.1, -0.05) is 128 Å². The number of rotatable bonds is 3. The Hall–Kier alpha value is -5.77. The van der Waals surface area contributed by atoms with Gasteiger partial charge in [-0.2, -0.15) is 0 Å². The van der Waals surface area contributed by atoms with Crippen LogP contribution in [0.1, 0.15) is 38.8 Å². The van der Waals surface area contributed by atoms with Gasteiger partial charge in [0, 0.05) is 44.1 Å². The molecule has 54 heavy (non-hydrogen) atoms. The number of anilines is 2. The van der Waals surface area contributed by atoms with Crippen LogP contribution in [0.3, 0.4) is 0 Å². The maximum atomic E-state index is 4.95. The van der Waals surface area contributed by atoms with Crippen molar-refractivity contribution in [2.75, 3.05) is 4.90 Å². The summed E-state index contributed by atoms with van der Waals surface area (Å²) in [6.07, 6.45) is 12.1. The number of fused-ring (bicyclic) bond motifs is 8. The minimum atomic E-state index is -0.400. The Kier molecular flexibility index (Phi) is 6.54. The van der Waals surface area contributed by atoms with Gasteiger partial charge in [0.2, 0.25) is 0 Å². The van der Waals surface area contributed by atoms with Crippen molar-refractivity contribution in [1.82, 2.24) is 4.98 Å². The topological polar surface area (TPSA) is 16.1 Å². The quantitative estimate of drug-likeness (QED) is 0.134. The summed E-state index contributed by atoms with van der Waals surface area (Å²) in [5, 5.41) is 6.48. The first-order valence-electron chi connectivity index (χ1n) is 19.1. The average molecular weight is 713 g/mol. The van der Waals surface area contributed by atoms with Crippen molar-refractivity contribution in [2.24, 2.45) is 5.92 Å². The number of allylic oxidation sites excluding steroid dienone is 4. The lowest BCUT2D eigenvalue weighted by Crippen LogP contribution is -2.58. The molecule has 4 unspecified atom stereocenters. The summed E-state index contributed by atoms with van der Waals surface area (Å²) < 4.78 is 2.51. The highest BCUT2D eigenvalue weighted by molar-refractivity contribution is 7.25. The predicted molar refractivity (Wildman–Crippen MR) is 230 cm³/mol. The van der Waals surface area contributed by atoms with E-state index in [4.69, 9.17) is 4.98 Å². The molecule has 8 aromatic rings. The van der Waals surface area contributed by atoms with Gasteiger partial charge in [-0.3, -0.25) is 4.98 Å². The van der Waals surface area contributed by atoms with E-state index < -0.39 is 5.54 Å². The molecule has 11 rings (SSSR count). The molecule has 0 N–H and O–H groups in total. The summed E-state index contributed by atoms with van der Waals surface area (Å²) in [6.45, 7) is 9.78. The third kappa shape index (κ3) is 4.19. The number of pyridine rings is 1. The number of thiophene rings is 1. The van der Waals surface area contributed by atoms with E-state index in [0.717, 1.165) is 11.1 Å². The van der Waals surface area contributed by atoms with E-state index in [1.807, 2.05) is 17.5 Å². The largest absolute Gasteiger partial charge is 0.328 e. The lowest BCUT2D eigenvalue weighted by Gasteiger charge is -2.59. The number of nitrogens with zero attached hydrogens (tertiary/aromatic N) is 2. The zero-order chi connectivity index (χ0) is 36.4. The Balaban J connectivity index is 1.10. The van der Waals surface area contributed by atoms with Crippen molar-refractivity contribution in [1.29, 1.82) is 0 Å². The molecule has 4 atom stereocenters. The zero-order valence-corrected chi connectivity index (χ0v) is 31.8. The van der Waals surface area contributed by atoms with E-state index in [1.54, 1.807) is 0 Å². The zero-order valence-electron chi connectivity index (χ0n) is 31.0. The fourth-order valence-corrected chi connectivity index (χ4v) is 11.6. The Morgan fingerprint density at radius 3 is 2.13 bits per heavy atom. The summed E-state index contributed by atoms with van der Waals surface area (Å²) in [4.78, 5) is 7.56. The maximum absolute atomic E-state index is 4.95. The lowest BCUT2D eigenvalue weighted by molar-refractivity contribution is 0.442. The molecule has 6 aromatic carbocycles. The van der Waals surface area contributed by atoms with E-state index in [9.17, 15) is 0 Å². The highest BCUT2D eigenvalue weighted by Crippen LogP contribution is 2.62. The lowest BCUT2D eigenvalue weighted by atomic mass is 9.52. The molecule has 2 aromatic heterocycles. The molecule has 1 aliphatic heterocycles. The fraction of sp³-hybridized carbons (Fsp3) is 0.157. The van der Waals surface area contributed by atoms with Crippen molar-refractivity contribution >= 4 is 64.6 Å². The van der Waals surface area contributed by atoms with Crippen molar-refractivity contribution in [3.8, 4) is 11.1 Å². The minimum Gasteiger partial charge on any atom is -0.328 e. The molecular formula is C51H40N2S. The molecule has 3 heterocycles. The van der Waals surface area contributed by atoms with Gasteiger partial charge in [-0.05, 0) is 112 Å². The van der Waals surface area contributed by atoms with E-state index in [2.05, 4.69) is 190 Å². The van der Waals surface area contributed by atoms with Crippen LogP contribution in [0.5, 0.6) is 0 Å². The first-order chi connectivity index (χ1) is 26.3. The number of benzene rings is 6. The summed E-state index contributed by atoms with van der Waals surface area (Å²) in [7, 11) is 0. The highest BCUT2D eigenvalue weighted by atomic mass is 32.1. The molecule has 0 saturated heterocycles. The monoisotopic (exact) mass is 712 g/mol. The molecule has 0 amide bonds. The smallest absolute Gasteiger partial charge is 0.0888 e. The van der Waals surface area contributed by atoms with Gasteiger partial charge in [0.1, 0.15) is 0 Å². The van der Waals surface area contributed by atoms with Gasteiger partial charge in [0.05, 0.1) is 15.8 Å². The van der Waals surface area contributed by atoms with Crippen LogP contribution >= 0.6 is 11.3 Å². The fourth-order valence-electron chi connectivity index (χ4n) is 10.5. The standard InChI is InChI=1S/C51H40N2S/c1-32-25-26-50(3)41-18-10-11-19-43(41)53(36-23-21-33(22-24-36)35-30-45-47(52-31-35)40-17-9-12-20-44(40)54-45)51(4)28-27-49(2,46(32)48(50)51)42-29-34-13-5-6-14-37(34)38-15-7-8-16-39(38)42/h5-32H,1-4H3. The van der Waals surface area contributed by atoms with Crippen LogP contribution < -0.4 is 4.90 Å². The van der Waals surface area contributed by atoms with E-state index >= 15 is 0 Å². The normalized spacial score (nSPS) is 24.4. The highest BCUT2D eigenvalue weighted by Gasteiger charge is 2.56. The minimum absolute atomic E-state index is 0.262. The van der Waals surface area contributed by atoms with E-state index in [1.165, 1.54) is 75.5 Å². The van der Waals surface area contributed by atoms with Crippen molar-refractivity contribution in [3.63, 3.8) is 0 Å². The van der Waals surface area contributed by atoms with Gasteiger partial charge in [0.15, 0.2) is 0 Å². The van der Waals surface area contributed by atoms with E-state index in [-0.39, 0.29) is 16.7 Å². The van der Waals surface area contributed by atoms with Gasteiger partial charge < -0.3 is 4.90 Å². The van der Waals surface area contributed by atoms with Gasteiger partial charge in [0.25, 0.3) is 0 Å². The molecule has 3 heteroatoms. The maximum Gasteiger partial charge on any atom is 0.0888 e. The number of hydrogen-bond acceptors (Lipinski definition) is 3. The molecule has 0 fully saturated rings. The average Bonchev–Trinajstić information content (AvgIpc) is 3.58. The van der Waals surface area contributed by atoms with Gasteiger partial charge in [-0.25, -0.2) is 0 Å². The van der Waals surface area contributed by atoms with E-state index in [0.29, 0.717) is 0 Å². The summed E-state index contributed by atoms with van der Waals surface area (Å²) in [5.41, 5.74) is 10.6.